The van der Waals surface area contributed by atoms with Crippen molar-refractivity contribution in [2.24, 2.45) is 0 Å². The van der Waals surface area contributed by atoms with E-state index in [0.29, 0.717) is 15.7 Å². The van der Waals surface area contributed by atoms with Crippen LogP contribution in [0.15, 0.2) is 71.6 Å². The van der Waals surface area contributed by atoms with Crippen LogP contribution in [0.25, 0.3) is 0 Å². The number of carbonyl (C=O) groups is 1. The monoisotopic (exact) mass is 510 g/mol. The summed E-state index contributed by atoms with van der Waals surface area (Å²) in [5, 5.41) is 3.55. The molecule has 0 bridgehead atoms. The van der Waals surface area contributed by atoms with Crippen molar-refractivity contribution in [2.45, 2.75) is 31.3 Å². The molecule has 3 aromatic carbocycles. The molecule has 0 aliphatic heterocycles. The molecule has 0 spiro atoms. The lowest BCUT2D eigenvalue weighted by atomic mass is 10.2. The maximum absolute atomic E-state index is 13.0. The van der Waals surface area contributed by atoms with Crippen molar-refractivity contribution in [1.82, 2.24) is 4.90 Å². The fraction of sp³-hybridized carbons (Fsp3) is 0.174. The molecule has 174 valence electrons. The van der Waals surface area contributed by atoms with Crippen molar-refractivity contribution in [3.05, 3.63) is 88.2 Å². The Morgan fingerprint density at radius 1 is 1.03 bits per heavy atom. The third-order valence-electron chi connectivity index (χ3n) is 4.64. The van der Waals surface area contributed by atoms with Crippen LogP contribution in [0.5, 0.6) is 5.75 Å². The summed E-state index contributed by atoms with van der Waals surface area (Å²) in [7, 11) is -4.10. The predicted octanol–water partition coefficient (Wildman–Crippen LogP) is 6.34. The molecule has 2 amide bonds. The average Bonchev–Trinajstić information content (AvgIpc) is 2.75. The van der Waals surface area contributed by atoms with E-state index in [2.05, 4.69) is 5.32 Å². The smallest absolute Gasteiger partial charge is 0.339 e. The first kappa shape index (κ1) is 24.8. The number of amides is 2. The van der Waals surface area contributed by atoms with E-state index in [1.807, 2.05) is 13.8 Å². The number of nitrogens with one attached hydrogen (secondary N) is 1. The van der Waals surface area contributed by atoms with Gasteiger partial charge in [0.25, 0.3) is 0 Å². The number of halogens is 3. The van der Waals surface area contributed by atoms with Crippen LogP contribution in [0.4, 0.5) is 14.9 Å². The molecule has 0 saturated heterocycles. The summed E-state index contributed by atoms with van der Waals surface area (Å²) >= 11 is 12.0. The molecule has 6 nitrogen and oxygen atoms in total. The first-order chi connectivity index (χ1) is 15.5. The fourth-order valence-electron chi connectivity index (χ4n) is 2.89. The Hall–Kier alpha value is -2.81. The molecule has 0 radical (unpaired) electrons. The maximum Gasteiger partial charge on any atom is 0.339 e. The van der Waals surface area contributed by atoms with Gasteiger partial charge in [-0.1, -0.05) is 35.3 Å². The molecular formula is C23H21Cl2FN2O4S. The Kier molecular flexibility index (Phi) is 7.84. The SMILES string of the molecule is CC(C)N(Cc1ccc(OS(=O)(=O)c2ccc(F)cc2)cc1)C(=O)Nc1ccc(Cl)cc1Cl. The molecular weight excluding hydrogens is 490 g/mol. The summed E-state index contributed by atoms with van der Waals surface area (Å²) in [5.74, 6) is -0.452. The summed E-state index contributed by atoms with van der Waals surface area (Å²) in [6.07, 6.45) is 0. The highest BCUT2D eigenvalue weighted by Crippen LogP contribution is 2.26. The van der Waals surface area contributed by atoms with Crippen molar-refractivity contribution in [3.63, 3.8) is 0 Å². The average molecular weight is 511 g/mol. The molecule has 0 unspecified atom stereocenters. The van der Waals surface area contributed by atoms with E-state index >= 15 is 0 Å². The van der Waals surface area contributed by atoms with E-state index in [1.165, 1.54) is 18.2 Å². The van der Waals surface area contributed by atoms with Crippen LogP contribution in [0.1, 0.15) is 19.4 Å². The normalized spacial score (nSPS) is 11.3. The second kappa shape index (κ2) is 10.4. The zero-order chi connectivity index (χ0) is 24.2. The Bertz CT molecular complexity index is 1230. The lowest BCUT2D eigenvalue weighted by molar-refractivity contribution is 0.193. The van der Waals surface area contributed by atoms with Gasteiger partial charge in [-0.2, -0.15) is 8.42 Å². The Labute approximate surface area is 202 Å². The highest BCUT2D eigenvalue weighted by Gasteiger charge is 2.20. The van der Waals surface area contributed by atoms with Gasteiger partial charge in [-0.05, 0) is 74.0 Å². The lowest BCUT2D eigenvalue weighted by Crippen LogP contribution is -2.39. The van der Waals surface area contributed by atoms with E-state index in [1.54, 1.807) is 29.2 Å². The third kappa shape index (κ3) is 6.60. The highest BCUT2D eigenvalue weighted by molar-refractivity contribution is 7.87. The Morgan fingerprint density at radius 3 is 2.24 bits per heavy atom. The van der Waals surface area contributed by atoms with E-state index in [9.17, 15) is 17.6 Å². The molecule has 0 aliphatic rings. The molecule has 1 N–H and O–H groups in total. The van der Waals surface area contributed by atoms with Gasteiger partial charge >= 0.3 is 16.1 Å². The molecule has 0 fully saturated rings. The number of anilines is 1. The predicted molar refractivity (Wildman–Crippen MR) is 127 cm³/mol. The molecule has 0 aliphatic carbocycles. The summed E-state index contributed by atoms with van der Waals surface area (Å²) in [5.41, 5.74) is 1.19. The van der Waals surface area contributed by atoms with Crippen molar-refractivity contribution in [3.8, 4) is 5.75 Å². The van der Waals surface area contributed by atoms with Gasteiger partial charge in [-0.15, -0.1) is 0 Å². The molecule has 0 atom stereocenters. The molecule has 33 heavy (non-hydrogen) atoms. The maximum atomic E-state index is 13.0. The molecule has 10 heteroatoms. The van der Waals surface area contributed by atoms with Gasteiger partial charge in [0.15, 0.2) is 0 Å². The zero-order valence-corrected chi connectivity index (χ0v) is 20.1. The van der Waals surface area contributed by atoms with Gasteiger partial charge in [0.2, 0.25) is 0 Å². The van der Waals surface area contributed by atoms with Crippen LogP contribution in [0.3, 0.4) is 0 Å². The van der Waals surface area contributed by atoms with Crippen LogP contribution in [-0.2, 0) is 16.7 Å². The van der Waals surface area contributed by atoms with Crippen molar-refractivity contribution in [1.29, 1.82) is 0 Å². The van der Waals surface area contributed by atoms with Crippen molar-refractivity contribution in [2.75, 3.05) is 5.32 Å². The van der Waals surface area contributed by atoms with Gasteiger partial charge in [0.1, 0.15) is 16.5 Å². The second-order valence-corrected chi connectivity index (χ2v) is 9.80. The van der Waals surface area contributed by atoms with Gasteiger partial charge in [-0.25, -0.2) is 9.18 Å². The molecule has 3 rings (SSSR count). The number of benzene rings is 3. The van der Waals surface area contributed by atoms with E-state index in [4.69, 9.17) is 27.4 Å². The van der Waals surface area contributed by atoms with E-state index < -0.39 is 15.9 Å². The van der Waals surface area contributed by atoms with Crippen LogP contribution in [-0.4, -0.2) is 25.4 Å². The number of hydrogen-bond donors (Lipinski definition) is 1. The largest absolute Gasteiger partial charge is 0.379 e. The molecule has 0 aromatic heterocycles. The minimum Gasteiger partial charge on any atom is -0.379 e. The highest BCUT2D eigenvalue weighted by atomic mass is 35.5. The molecule has 0 saturated carbocycles. The quantitative estimate of drug-likeness (QED) is 0.376. The van der Waals surface area contributed by atoms with Crippen molar-refractivity contribution >= 4 is 45.0 Å². The number of nitrogens with zero attached hydrogens (tertiary/aromatic N) is 1. The Balaban J connectivity index is 1.69. The minimum atomic E-state index is -4.10. The summed E-state index contributed by atoms with van der Waals surface area (Å²) in [6.45, 7) is 4.01. The fourth-order valence-corrected chi connectivity index (χ4v) is 4.28. The zero-order valence-electron chi connectivity index (χ0n) is 17.8. The molecule has 3 aromatic rings. The third-order valence-corrected chi connectivity index (χ3v) is 6.45. The van der Waals surface area contributed by atoms with Crippen LogP contribution in [0, 0.1) is 5.82 Å². The van der Waals surface area contributed by atoms with Gasteiger partial charge in [-0.3, -0.25) is 0 Å². The number of urea groups is 1. The minimum absolute atomic E-state index is 0.0940. The number of rotatable bonds is 7. The first-order valence-electron chi connectivity index (χ1n) is 9.87. The number of carbonyl (C=O) groups excluding carboxylic acids is 1. The molecule has 0 heterocycles. The second-order valence-electron chi connectivity index (χ2n) is 7.41. The van der Waals surface area contributed by atoms with Crippen LogP contribution in [0.2, 0.25) is 10.0 Å². The van der Waals surface area contributed by atoms with Gasteiger partial charge < -0.3 is 14.4 Å². The Morgan fingerprint density at radius 2 is 1.67 bits per heavy atom. The summed E-state index contributed by atoms with van der Waals surface area (Å²) < 4.78 is 42.9. The first-order valence-corrected chi connectivity index (χ1v) is 12.0. The van der Waals surface area contributed by atoms with Crippen molar-refractivity contribution < 1.29 is 21.8 Å². The van der Waals surface area contributed by atoms with Gasteiger partial charge in [0.05, 0.1) is 10.7 Å². The van der Waals surface area contributed by atoms with Crippen LogP contribution < -0.4 is 9.50 Å². The van der Waals surface area contributed by atoms with E-state index in [-0.39, 0.29) is 29.3 Å². The standard InChI is InChI=1S/C23H21Cl2FN2O4S/c1-15(2)28(23(29)27-22-12-5-17(24)13-21(22)25)14-16-3-8-19(9-4-16)32-33(30,31)20-10-6-18(26)7-11-20/h3-13,15H,14H2,1-2H3,(H,27,29). The number of hydrogen-bond acceptors (Lipinski definition) is 4. The lowest BCUT2D eigenvalue weighted by Gasteiger charge is -2.27. The van der Waals surface area contributed by atoms with Crippen LogP contribution >= 0.6 is 23.2 Å². The van der Waals surface area contributed by atoms with Gasteiger partial charge in [0, 0.05) is 17.6 Å². The summed E-state index contributed by atoms with van der Waals surface area (Å²) in [6, 6.07) is 14.9. The summed E-state index contributed by atoms with van der Waals surface area (Å²) in [4.78, 5) is 14.3. The topological polar surface area (TPSA) is 75.7 Å². The van der Waals surface area contributed by atoms with E-state index in [0.717, 1.165) is 29.8 Å².